The van der Waals surface area contributed by atoms with Gasteiger partial charge in [-0.3, -0.25) is 19.2 Å². The smallest absolute Gasteiger partial charge is 0.251 e. The van der Waals surface area contributed by atoms with Gasteiger partial charge in [0, 0.05) is 41.6 Å². The summed E-state index contributed by atoms with van der Waals surface area (Å²) in [6.45, 7) is 15.0. The largest absolute Gasteiger partial charge is 0.491 e. The van der Waals surface area contributed by atoms with Crippen LogP contribution in [0.2, 0.25) is 5.02 Å². The summed E-state index contributed by atoms with van der Waals surface area (Å²) in [5.74, 6) is -0.630. The van der Waals surface area contributed by atoms with Crippen molar-refractivity contribution in [3.63, 3.8) is 0 Å². The molecule has 358 valence electrons. The summed E-state index contributed by atoms with van der Waals surface area (Å²) in [5, 5.41) is 39.6. The number of likely N-dealkylation sites (tertiary alicyclic amines) is 1. The van der Waals surface area contributed by atoms with Gasteiger partial charge in [-0.1, -0.05) is 84.3 Å². The number of aliphatic hydroxyl groups excluding tert-OH is 2. The molecular weight excluding hydrogens is 896 g/mol. The number of hydrogen-bond donors (Lipinski definition) is 5. The molecule has 1 saturated carbocycles. The topological polar surface area (TPSA) is 212 Å². The standard InChI is InChI=1S/C50H61ClN6O9S/c1-29-41(67-28-54-29)31-13-11-30(12-14-31)24-53-44(62)37-10-9-21-57(37)45(63)42(48(2,3)4)55-40(60)27-64-25-38(58)39(59)26-65-34-18-15-32(16-19-34)43(61)56-46-49(5,6)47(50(46,7)8)66-35-20-17-33(23-52)36(51)22-35/h11-20,22,28,37-39,42,46-47,58-59H,9-10,21,24-27H2,1-8H3,(H,53,62)(H,55,60)(H,56,61)/t37-,38-,39-,42?,46?,47?/m0/s1. The van der Waals surface area contributed by atoms with E-state index in [-0.39, 0.29) is 36.5 Å². The Morgan fingerprint density at radius 1 is 0.970 bits per heavy atom. The highest BCUT2D eigenvalue weighted by Gasteiger charge is 2.64. The highest BCUT2D eigenvalue weighted by atomic mass is 35.5. The highest BCUT2D eigenvalue weighted by Crippen LogP contribution is 2.55. The molecule has 1 saturated heterocycles. The van der Waals surface area contributed by atoms with Crippen LogP contribution in [0.15, 0.2) is 72.2 Å². The van der Waals surface area contributed by atoms with Gasteiger partial charge in [-0.05, 0) is 72.7 Å². The van der Waals surface area contributed by atoms with Gasteiger partial charge in [0.05, 0.1) is 33.3 Å². The third-order valence-electron chi connectivity index (χ3n) is 12.6. The summed E-state index contributed by atoms with van der Waals surface area (Å²) >= 11 is 7.80. The van der Waals surface area contributed by atoms with Gasteiger partial charge in [0.2, 0.25) is 17.7 Å². The first-order chi connectivity index (χ1) is 31.6. The molecule has 1 unspecified atom stereocenters. The fraction of sp³-hybridized carbons (Fsp3) is 0.480. The van der Waals surface area contributed by atoms with Gasteiger partial charge < -0.3 is 45.3 Å². The summed E-state index contributed by atoms with van der Waals surface area (Å²) < 4.78 is 17.4. The minimum atomic E-state index is -1.40. The number of halogens is 1. The molecule has 4 amide bonds. The Labute approximate surface area is 401 Å². The van der Waals surface area contributed by atoms with Gasteiger partial charge in [-0.15, -0.1) is 11.3 Å². The molecule has 2 fully saturated rings. The quantitative estimate of drug-likeness (QED) is 0.0757. The van der Waals surface area contributed by atoms with E-state index in [9.17, 15) is 34.7 Å². The van der Waals surface area contributed by atoms with Crippen LogP contribution in [0.5, 0.6) is 11.5 Å². The molecule has 1 aromatic heterocycles. The lowest BCUT2D eigenvalue weighted by Gasteiger charge is -2.63. The van der Waals surface area contributed by atoms with Crippen molar-refractivity contribution in [3.8, 4) is 28.0 Å². The lowest BCUT2D eigenvalue weighted by Crippen LogP contribution is -2.74. The molecule has 2 aliphatic rings. The second-order valence-electron chi connectivity index (χ2n) is 19.5. The number of aryl methyl sites for hydroxylation is 1. The van der Waals surface area contributed by atoms with Gasteiger partial charge in [0.1, 0.15) is 61.2 Å². The molecular formula is C50H61ClN6O9S. The van der Waals surface area contributed by atoms with Crippen LogP contribution in [0, 0.1) is 34.5 Å². The van der Waals surface area contributed by atoms with E-state index in [1.54, 1.807) is 53.8 Å². The Bertz CT molecular complexity index is 2430. The molecule has 0 radical (unpaired) electrons. The number of carbonyl (C=O) groups excluding carboxylic acids is 4. The maximum atomic E-state index is 14.0. The van der Waals surface area contributed by atoms with E-state index in [0.29, 0.717) is 53.6 Å². The van der Waals surface area contributed by atoms with E-state index >= 15 is 0 Å². The fourth-order valence-electron chi connectivity index (χ4n) is 9.17. The highest BCUT2D eigenvalue weighted by molar-refractivity contribution is 7.13. The Hall–Kier alpha value is -5.57. The average molecular weight is 958 g/mol. The van der Waals surface area contributed by atoms with Crippen molar-refractivity contribution in [2.75, 3.05) is 26.4 Å². The number of hydrogen-bond acceptors (Lipinski definition) is 12. The molecule has 2 heterocycles. The van der Waals surface area contributed by atoms with E-state index < -0.39 is 59.7 Å². The number of thiazole rings is 1. The molecule has 6 rings (SSSR count). The third-order valence-corrected chi connectivity index (χ3v) is 13.9. The van der Waals surface area contributed by atoms with Gasteiger partial charge in [0.25, 0.3) is 5.91 Å². The summed E-state index contributed by atoms with van der Waals surface area (Å²) in [5.41, 5.74) is 3.90. The minimum absolute atomic E-state index is 0.238. The number of nitrogens with zero attached hydrogens (tertiary/aromatic N) is 3. The number of benzene rings is 3. The van der Waals surface area contributed by atoms with Crippen LogP contribution in [-0.4, -0.2) is 107 Å². The number of aromatic nitrogens is 1. The number of nitriles is 1. The Balaban J connectivity index is 0.919. The van der Waals surface area contributed by atoms with Crippen LogP contribution in [0.3, 0.4) is 0 Å². The van der Waals surface area contributed by atoms with Crippen LogP contribution in [0.25, 0.3) is 10.4 Å². The zero-order valence-corrected chi connectivity index (χ0v) is 40.8. The van der Waals surface area contributed by atoms with Crippen LogP contribution in [0.1, 0.15) is 88.5 Å². The molecule has 15 nitrogen and oxygen atoms in total. The molecule has 4 atom stereocenters. The molecule has 17 heteroatoms. The summed E-state index contributed by atoms with van der Waals surface area (Å²) in [4.78, 5) is 60.8. The number of rotatable bonds is 18. The first-order valence-corrected chi connectivity index (χ1v) is 23.6. The molecule has 0 spiro atoms. The minimum Gasteiger partial charge on any atom is -0.491 e. The zero-order chi connectivity index (χ0) is 48.8. The Kier molecular flexibility index (Phi) is 16.1. The number of ether oxygens (including phenoxy) is 3. The molecule has 0 bridgehead atoms. The monoisotopic (exact) mass is 956 g/mol. The number of amides is 4. The van der Waals surface area contributed by atoms with E-state index in [1.807, 2.05) is 91.2 Å². The van der Waals surface area contributed by atoms with E-state index in [4.69, 9.17) is 25.8 Å². The SMILES string of the molecule is Cc1ncsc1-c1ccc(CNC(=O)[C@@H]2CCCN2C(=O)C(NC(=O)COC[C@H](O)[C@@H](O)COc2ccc(C(=O)NC3C(C)(C)C(Oc4ccc(C#N)c(Cl)c4)C3(C)C)cc2)C(C)(C)C)cc1. The number of aliphatic hydroxyl groups is 2. The van der Waals surface area contributed by atoms with E-state index in [0.717, 1.165) is 21.7 Å². The van der Waals surface area contributed by atoms with Crippen molar-refractivity contribution in [1.82, 2.24) is 25.8 Å². The van der Waals surface area contributed by atoms with Gasteiger partial charge in [-0.2, -0.15) is 5.26 Å². The zero-order valence-electron chi connectivity index (χ0n) is 39.2. The summed E-state index contributed by atoms with van der Waals surface area (Å²) in [6.07, 6.45) is -1.90. The van der Waals surface area contributed by atoms with Crippen molar-refractivity contribution in [3.05, 3.63) is 99.6 Å². The molecule has 1 aliphatic carbocycles. The van der Waals surface area contributed by atoms with Crippen molar-refractivity contribution in [1.29, 1.82) is 5.26 Å². The van der Waals surface area contributed by atoms with Crippen LogP contribution in [0.4, 0.5) is 0 Å². The van der Waals surface area contributed by atoms with Crippen molar-refractivity contribution in [2.24, 2.45) is 16.2 Å². The molecule has 4 aromatic rings. The molecule has 67 heavy (non-hydrogen) atoms. The van der Waals surface area contributed by atoms with Crippen molar-refractivity contribution < 1.29 is 43.6 Å². The van der Waals surface area contributed by atoms with Gasteiger partial charge >= 0.3 is 0 Å². The predicted molar refractivity (Wildman–Crippen MR) is 254 cm³/mol. The number of carbonyl (C=O) groups is 4. The van der Waals surface area contributed by atoms with Crippen LogP contribution < -0.4 is 25.4 Å². The lowest BCUT2D eigenvalue weighted by molar-refractivity contribution is -0.164. The van der Waals surface area contributed by atoms with Gasteiger partial charge in [-0.25, -0.2) is 4.98 Å². The lowest BCUT2D eigenvalue weighted by atomic mass is 9.49. The maximum absolute atomic E-state index is 14.0. The van der Waals surface area contributed by atoms with Gasteiger partial charge in [0.15, 0.2) is 0 Å². The van der Waals surface area contributed by atoms with Crippen molar-refractivity contribution in [2.45, 2.75) is 111 Å². The predicted octanol–water partition coefficient (Wildman–Crippen LogP) is 6.21. The van der Waals surface area contributed by atoms with Crippen LogP contribution in [-0.2, 0) is 25.7 Å². The normalized spacial score (nSPS) is 19.8. The molecule has 5 N–H and O–H groups in total. The Morgan fingerprint density at radius 2 is 1.63 bits per heavy atom. The molecule has 1 aliphatic heterocycles. The summed E-state index contributed by atoms with van der Waals surface area (Å²) in [6, 6.07) is 19.4. The van der Waals surface area contributed by atoms with Crippen molar-refractivity contribution >= 4 is 46.6 Å². The number of nitrogens with one attached hydrogen (secondary N) is 3. The van der Waals surface area contributed by atoms with Crippen LogP contribution >= 0.6 is 22.9 Å². The second-order valence-corrected chi connectivity index (χ2v) is 20.8. The molecule has 3 aromatic carbocycles. The average Bonchev–Trinajstić information content (AvgIpc) is 3.97. The third kappa shape index (κ3) is 11.9. The van der Waals surface area contributed by atoms with E-state index in [2.05, 4.69) is 20.9 Å². The first kappa shape index (κ1) is 50.8. The van der Waals surface area contributed by atoms with E-state index in [1.165, 1.54) is 4.90 Å². The second kappa shape index (κ2) is 21.2. The maximum Gasteiger partial charge on any atom is 0.251 e. The Morgan fingerprint density at radius 3 is 2.24 bits per heavy atom. The first-order valence-electron chi connectivity index (χ1n) is 22.3. The fourth-order valence-corrected chi connectivity index (χ4v) is 10.2. The summed E-state index contributed by atoms with van der Waals surface area (Å²) in [7, 11) is 0.